The van der Waals surface area contributed by atoms with Crippen LogP contribution < -0.4 is 11.1 Å². The molecule has 0 bridgehead atoms. The quantitative estimate of drug-likeness (QED) is 0.786. The second kappa shape index (κ2) is 5.92. The standard InChI is InChI=1S/C12H15N5O/c13-4-6-17-8-11(16-9-17)12(18)15-7-10-3-1-2-5-14-10/h1-3,5,8-9H,4,6-7,13H2,(H,15,18). The summed E-state index contributed by atoms with van der Waals surface area (Å²) in [7, 11) is 0. The summed E-state index contributed by atoms with van der Waals surface area (Å²) < 4.78 is 1.79. The molecule has 0 aliphatic rings. The molecule has 3 N–H and O–H groups in total. The van der Waals surface area contributed by atoms with Crippen LogP contribution in [0.2, 0.25) is 0 Å². The van der Waals surface area contributed by atoms with E-state index in [-0.39, 0.29) is 5.91 Å². The number of carbonyl (C=O) groups is 1. The van der Waals surface area contributed by atoms with Crippen LogP contribution in [0.3, 0.4) is 0 Å². The maximum Gasteiger partial charge on any atom is 0.271 e. The van der Waals surface area contributed by atoms with Crippen molar-refractivity contribution >= 4 is 5.91 Å². The van der Waals surface area contributed by atoms with Crippen LogP contribution in [0.4, 0.5) is 0 Å². The highest BCUT2D eigenvalue weighted by atomic mass is 16.1. The Balaban J connectivity index is 1.91. The minimum atomic E-state index is -0.212. The Morgan fingerprint density at radius 3 is 3.00 bits per heavy atom. The van der Waals surface area contributed by atoms with Gasteiger partial charge in [-0.2, -0.15) is 0 Å². The molecule has 0 aliphatic carbocycles. The minimum absolute atomic E-state index is 0.212. The highest BCUT2D eigenvalue weighted by Crippen LogP contribution is 1.98. The van der Waals surface area contributed by atoms with Gasteiger partial charge in [-0.05, 0) is 12.1 Å². The summed E-state index contributed by atoms with van der Waals surface area (Å²) >= 11 is 0. The summed E-state index contributed by atoms with van der Waals surface area (Å²) in [5.74, 6) is -0.212. The van der Waals surface area contributed by atoms with Gasteiger partial charge in [-0.3, -0.25) is 9.78 Å². The van der Waals surface area contributed by atoms with Gasteiger partial charge in [0.1, 0.15) is 5.69 Å². The third-order valence-electron chi connectivity index (χ3n) is 2.41. The molecule has 1 amide bonds. The summed E-state index contributed by atoms with van der Waals surface area (Å²) in [6.45, 7) is 1.56. The molecular formula is C12H15N5O. The summed E-state index contributed by atoms with van der Waals surface area (Å²) in [5.41, 5.74) is 6.62. The Labute approximate surface area is 105 Å². The van der Waals surface area contributed by atoms with Crippen molar-refractivity contribution in [1.29, 1.82) is 0 Å². The van der Waals surface area contributed by atoms with Gasteiger partial charge in [-0.25, -0.2) is 4.98 Å². The first kappa shape index (κ1) is 12.3. The average molecular weight is 245 g/mol. The number of carbonyl (C=O) groups excluding carboxylic acids is 1. The number of hydrogen-bond donors (Lipinski definition) is 2. The van der Waals surface area contributed by atoms with Crippen molar-refractivity contribution in [1.82, 2.24) is 19.9 Å². The van der Waals surface area contributed by atoms with E-state index in [1.165, 1.54) is 0 Å². The normalized spacial score (nSPS) is 10.3. The number of nitrogens with zero attached hydrogens (tertiary/aromatic N) is 3. The molecule has 18 heavy (non-hydrogen) atoms. The lowest BCUT2D eigenvalue weighted by Crippen LogP contribution is -2.23. The minimum Gasteiger partial charge on any atom is -0.345 e. The monoisotopic (exact) mass is 245 g/mol. The zero-order chi connectivity index (χ0) is 12.8. The molecule has 6 heteroatoms. The van der Waals surface area contributed by atoms with Crippen molar-refractivity contribution in [2.75, 3.05) is 6.54 Å². The zero-order valence-electron chi connectivity index (χ0n) is 9.91. The second-order valence-electron chi connectivity index (χ2n) is 3.79. The van der Waals surface area contributed by atoms with Gasteiger partial charge in [0.2, 0.25) is 0 Å². The number of hydrogen-bond acceptors (Lipinski definition) is 4. The highest BCUT2D eigenvalue weighted by molar-refractivity contribution is 5.91. The van der Waals surface area contributed by atoms with E-state index in [0.29, 0.717) is 25.3 Å². The molecule has 0 aromatic carbocycles. The number of pyridine rings is 1. The van der Waals surface area contributed by atoms with E-state index in [1.807, 2.05) is 18.2 Å². The Morgan fingerprint density at radius 2 is 2.28 bits per heavy atom. The molecule has 2 rings (SSSR count). The van der Waals surface area contributed by atoms with Crippen molar-refractivity contribution in [2.45, 2.75) is 13.1 Å². The first-order valence-corrected chi connectivity index (χ1v) is 5.69. The van der Waals surface area contributed by atoms with Crippen LogP contribution in [0.1, 0.15) is 16.2 Å². The van der Waals surface area contributed by atoms with E-state index in [9.17, 15) is 4.79 Å². The van der Waals surface area contributed by atoms with Gasteiger partial charge in [0.15, 0.2) is 0 Å². The molecule has 0 radical (unpaired) electrons. The van der Waals surface area contributed by atoms with E-state index in [1.54, 1.807) is 23.3 Å². The molecule has 0 saturated carbocycles. The van der Waals surface area contributed by atoms with Gasteiger partial charge in [-0.1, -0.05) is 6.07 Å². The second-order valence-corrected chi connectivity index (χ2v) is 3.79. The number of nitrogens with two attached hydrogens (primary N) is 1. The number of aromatic nitrogens is 3. The molecule has 0 atom stereocenters. The van der Waals surface area contributed by atoms with Crippen molar-refractivity contribution in [2.24, 2.45) is 5.73 Å². The molecule has 0 saturated heterocycles. The molecule has 0 unspecified atom stereocenters. The molecule has 0 fully saturated rings. The van der Waals surface area contributed by atoms with Crippen molar-refractivity contribution in [3.63, 3.8) is 0 Å². The smallest absolute Gasteiger partial charge is 0.271 e. The van der Waals surface area contributed by atoms with Crippen molar-refractivity contribution in [3.8, 4) is 0 Å². The van der Waals surface area contributed by atoms with Gasteiger partial charge in [0.05, 0.1) is 18.6 Å². The van der Waals surface area contributed by atoms with E-state index < -0.39 is 0 Å². The van der Waals surface area contributed by atoms with Crippen LogP contribution in [0.25, 0.3) is 0 Å². The average Bonchev–Trinajstić information content (AvgIpc) is 2.86. The van der Waals surface area contributed by atoms with Crippen LogP contribution in [0, 0.1) is 0 Å². The van der Waals surface area contributed by atoms with E-state index in [4.69, 9.17) is 5.73 Å². The maximum absolute atomic E-state index is 11.8. The largest absolute Gasteiger partial charge is 0.345 e. The van der Waals surface area contributed by atoms with Gasteiger partial charge in [-0.15, -0.1) is 0 Å². The number of nitrogens with one attached hydrogen (secondary N) is 1. The predicted molar refractivity (Wildman–Crippen MR) is 66.7 cm³/mol. The zero-order valence-corrected chi connectivity index (χ0v) is 9.91. The lowest BCUT2D eigenvalue weighted by Gasteiger charge is -2.02. The lowest BCUT2D eigenvalue weighted by molar-refractivity contribution is 0.0946. The van der Waals surface area contributed by atoms with Gasteiger partial charge in [0.25, 0.3) is 5.91 Å². The number of imidazole rings is 1. The Kier molecular flexibility index (Phi) is 4.03. The van der Waals surface area contributed by atoms with E-state index in [2.05, 4.69) is 15.3 Å². The van der Waals surface area contributed by atoms with Crippen molar-refractivity contribution < 1.29 is 4.79 Å². The SMILES string of the molecule is NCCn1cnc(C(=O)NCc2ccccn2)c1. The highest BCUT2D eigenvalue weighted by Gasteiger charge is 2.08. The van der Waals surface area contributed by atoms with Crippen LogP contribution in [-0.2, 0) is 13.1 Å². The summed E-state index contributed by atoms with van der Waals surface area (Å²) in [4.78, 5) is 19.9. The van der Waals surface area contributed by atoms with Crippen LogP contribution in [-0.4, -0.2) is 27.0 Å². The van der Waals surface area contributed by atoms with E-state index >= 15 is 0 Å². The summed E-state index contributed by atoms with van der Waals surface area (Å²) in [6, 6.07) is 5.57. The molecule has 2 aromatic heterocycles. The van der Waals surface area contributed by atoms with Gasteiger partial charge >= 0.3 is 0 Å². The lowest BCUT2D eigenvalue weighted by atomic mass is 10.3. The molecule has 2 aromatic rings. The van der Waals surface area contributed by atoms with Crippen molar-refractivity contribution in [3.05, 3.63) is 48.3 Å². The molecular weight excluding hydrogens is 230 g/mol. The fraction of sp³-hybridized carbons (Fsp3) is 0.250. The summed E-state index contributed by atoms with van der Waals surface area (Å²) in [6.07, 6.45) is 4.97. The first-order chi connectivity index (χ1) is 8.79. The van der Waals surface area contributed by atoms with E-state index in [0.717, 1.165) is 5.69 Å². The number of amides is 1. The third-order valence-corrected chi connectivity index (χ3v) is 2.41. The van der Waals surface area contributed by atoms with Gasteiger partial charge < -0.3 is 15.6 Å². The first-order valence-electron chi connectivity index (χ1n) is 5.69. The fourth-order valence-electron chi connectivity index (χ4n) is 1.51. The third kappa shape index (κ3) is 3.14. The predicted octanol–water partition coefficient (Wildman–Crippen LogP) is 0.167. The number of rotatable bonds is 5. The molecule has 0 spiro atoms. The summed E-state index contributed by atoms with van der Waals surface area (Å²) in [5, 5.41) is 2.76. The van der Waals surface area contributed by atoms with Crippen LogP contribution in [0.5, 0.6) is 0 Å². The Hall–Kier alpha value is -2.21. The molecule has 2 heterocycles. The maximum atomic E-state index is 11.8. The Bertz CT molecular complexity index is 508. The topological polar surface area (TPSA) is 85.8 Å². The Morgan fingerprint density at radius 1 is 1.39 bits per heavy atom. The van der Waals surface area contributed by atoms with Crippen LogP contribution >= 0.6 is 0 Å². The van der Waals surface area contributed by atoms with Crippen LogP contribution in [0.15, 0.2) is 36.9 Å². The molecule has 94 valence electrons. The molecule has 0 aliphatic heterocycles. The fourth-order valence-corrected chi connectivity index (χ4v) is 1.51. The van der Waals surface area contributed by atoms with Gasteiger partial charge in [0, 0.05) is 25.5 Å². The molecule has 6 nitrogen and oxygen atoms in total.